The minimum atomic E-state index is 0.709. The fraction of sp³-hybridized carbons (Fsp3) is 0.304. The zero-order chi connectivity index (χ0) is 21.4. The first kappa shape index (κ1) is 20.5. The van der Waals surface area contributed by atoms with Crippen molar-refractivity contribution in [1.82, 2.24) is 24.3 Å². The molecule has 4 aromatic rings. The summed E-state index contributed by atoms with van der Waals surface area (Å²) in [5.41, 5.74) is 5.04. The maximum absolute atomic E-state index is 6.16. The van der Waals surface area contributed by atoms with E-state index in [1.807, 2.05) is 36.7 Å². The van der Waals surface area contributed by atoms with Crippen LogP contribution < -0.4 is 4.74 Å². The van der Waals surface area contributed by atoms with Gasteiger partial charge in [-0.25, -0.2) is 9.97 Å². The van der Waals surface area contributed by atoms with Crippen molar-refractivity contribution in [2.75, 3.05) is 40.3 Å². The lowest BCUT2D eigenvalue weighted by Crippen LogP contribution is -2.43. The Morgan fingerprint density at radius 3 is 2.74 bits per heavy atom. The molecule has 1 aliphatic heterocycles. The van der Waals surface area contributed by atoms with Crippen LogP contribution in [-0.2, 0) is 6.54 Å². The molecule has 2 aromatic carbocycles. The van der Waals surface area contributed by atoms with E-state index in [9.17, 15) is 0 Å². The lowest BCUT2D eigenvalue weighted by molar-refractivity contribution is 0.147. The molecule has 3 heterocycles. The van der Waals surface area contributed by atoms with Gasteiger partial charge in [0, 0.05) is 60.3 Å². The molecular weight excluding hydrogens is 430 g/mol. The molecule has 0 atom stereocenters. The standard InChI is InChI=1S/C23H24ClN5OS/c1-27-6-8-28(9-7-27)13-17-11-21-19(12-22(17)30-2)25-15-29(21)23-26-20(14-31-23)16-4-3-5-18(24)10-16/h3-5,10-12,14-15H,6-9,13H2,1-2H3. The molecule has 0 N–H and O–H groups in total. The second kappa shape index (κ2) is 8.59. The van der Waals surface area contributed by atoms with Crippen LogP contribution in [-0.4, -0.2) is 64.7 Å². The highest BCUT2D eigenvalue weighted by Crippen LogP contribution is 2.31. The monoisotopic (exact) mass is 453 g/mol. The van der Waals surface area contributed by atoms with E-state index in [2.05, 4.69) is 37.8 Å². The third kappa shape index (κ3) is 4.19. The van der Waals surface area contributed by atoms with Gasteiger partial charge in [0.25, 0.3) is 0 Å². The largest absolute Gasteiger partial charge is 0.496 e. The highest BCUT2D eigenvalue weighted by atomic mass is 35.5. The van der Waals surface area contributed by atoms with Gasteiger partial charge in [-0.05, 0) is 25.2 Å². The number of fused-ring (bicyclic) bond motifs is 1. The highest BCUT2D eigenvalue weighted by molar-refractivity contribution is 7.12. The molecule has 6 nitrogen and oxygen atoms in total. The van der Waals surface area contributed by atoms with E-state index >= 15 is 0 Å². The number of halogens is 1. The van der Waals surface area contributed by atoms with Gasteiger partial charge in [0.1, 0.15) is 12.1 Å². The molecule has 1 aliphatic rings. The number of imidazole rings is 1. The number of ether oxygens (including phenoxy) is 1. The van der Waals surface area contributed by atoms with E-state index < -0.39 is 0 Å². The Bertz CT molecular complexity index is 1210. The van der Waals surface area contributed by atoms with Crippen LogP contribution in [0.3, 0.4) is 0 Å². The first-order chi connectivity index (χ1) is 15.1. The Morgan fingerprint density at radius 2 is 1.97 bits per heavy atom. The molecule has 31 heavy (non-hydrogen) atoms. The quantitative estimate of drug-likeness (QED) is 0.443. The SMILES string of the molecule is COc1cc2ncn(-c3nc(-c4cccc(Cl)c4)cs3)c2cc1CN1CCN(C)CC1. The third-order valence-corrected chi connectivity index (χ3v) is 6.83. The molecule has 0 spiro atoms. The summed E-state index contributed by atoms with van der Waals surface area (Å²) in [6, 6.07) is 12.0. The van der Waals surface area contributed by atoms with Gasteiger partial charge in [-0.3, -0.25) is 9.47 Å². The van der Waals surface area contributed by atoms with Crippen LogP contribution in [0, 0.1) is 0 Å². The zero-order valence-corrected chi connectivity index (χ0v) is 19.2. The van der Waals surface area contributed by atoms with Crippen LogP contribution in [0.15, 0.2) is 48.1 Å². The summed E-state index contributed by atoms with van der Waals surface area (Å²) < 4.78 is 7.75. The molecule has 0 aliphatic carbocycles. The number of likely N-dealkylation sites (N-methyl/N-ethyl adjacent to an activating group) is 1. The predicted molar refractivity (Wildman–Crippen MR) is 127 cm³/mol. The van der Waals surface area contributed by atoms with Crippen molar-refractivity contribution in [2.45, 2.75) is 6.54 Å². The van der Waals surface area contributed by atoms with Gasteiger partial charge in [-0.15, -0.1) is 11.3 Å². The minimum absolute atomic E-state index is 0.709. The number of aromatic nitrogens is 3. The molecule has 0 radical (unpaired) electrons. The van der Waals surface area contributed by atoms with Crippen molar-refractivity contribution in [2.24, 2.45) is 0 Å². The molecule has 160 valence electrons. The fourth-order valence-corrected chi connectivity index (χ4v) is 4.95. The fourth-order valence-electron chi connectivity index (χ4n) is 3.95. The van der Waals surface area contributed by atoms with Crippen LogP contribution in [0.2, 0.25) is 5.02 Å². The van der Waals surface area contributed by atoms with Gasteiger partial charge in [-0.2, -0.15) is 0 Å². The Labute approximate surface area is 190 Å². The zero-order valence-electron chi connectivity index (χ0n) is 17.6. The maximum atomic E-state index is 6.16. The molecule has 8 heteroatoms. The number of piperazine rings is 1. The van der Waals surface area contributed by atoms with Crippen LogP contribution in [0.1, 0.15) is 5.56 Å². The van der Waals surface area contributed by atoms with Gasteiger partial charge in [-0.1, -0.05) is 23.7 Å². The average molecular weight is 454 g/mol. The smallest absolute Gasteiger partial charge is 0.195 e. The molecule has 0 bridgehead atoms. The normalized spacial score (nSPS) is 15.6. The van der Waals surface area contributed by atoms with E-state index in [0.717, 1.165) is 65.9 Å². The first-order valence-electron chi connectivity index (χ1n) is 10.3. The van der Waals surface area contributed by atoms with Crippen molar-refractivity contribution in [3.05, 3.63) is 58.7 Å². The number of nitrogens with zero attached hydrogens (tertiary/aromatic N) is 5. The lowest BCUT2D eigenvalue weighted by Gasteiger charge is -2.32. The lowest BCUT2D eigenvalue weighted by atomic mass is 10.1. The summed E-state index contributed by atoms with van der Waals surface area (Å²) in [6.45, 7) is 5.17. The number of rotatable bonds is 5. The number of benzene rings is 2. The van der Waals surface area contributed by atoms with Crippen molar-refractivity contribution in [3.63, 3.8) is 0 Å². The molecule has 1 fully saturated rings. The van der Waals surface area contributed by atoms with E-state index in [1.165, 1.54) is 5.56 Å². The molecule has 0 saturated carbocycles. The van der Waals surface area contributed by atoms with E-state index in [0.29, 0.717) is 5.02 Å². The van der Waals surface area contributed by atoms with Crippen LogP contribution in [0.25, 0.3) is 27.4 Å². The average Bonchev–Trinajstić information content (AvgIpc) is 3.41. The molecule has 0 unspecified atom stereocenters. The maximum Gasteiger partial charge on any atom is 0.195 e. The molecule has 1 saturated heterocycles. The van der Waals surface area contributed by atoms with Gasteiger partial charge in [0.2, 0.25) is 0 Å². The van der Waals surface area contributed by atoms with Gasteiger partial charge >= 0.3 is 0 Å². The van der Waals surface area contributed by atoms with Gasteiger partial charge in [0.05, 0.1) is 23.8 Å². The Balaban J connectivity index is 1.49. The highest BCUT2D eigenvalue weighted by Gasteiger charge is 2.18. The van der Waals surface area contributed by atoms with Crippen molar-refractivity contribution < 1.29 is 4.74 Å². The summed E-state index contributed by atoms with van der Waals surface area (Å²) in [5.74, 6) is 0.885. The van der Waals surface area contributed by atoms with Crippen LogP contribution >= 0.6 is 22.9 Å². The van der Waals surface area contributed by atoms with Crippen LogP contribution in [0.5, 0.6) is 5.75 Å². The van der Waals surface area contributed by atoms with Crippen molar-refractivity contribution in [1.29, 1.82) is 0 Å². The summed E-state index contributed by atoms with van der Waals surface area (Å²) in [5, 5.41) is 3.65. The third-order valence-electron chi connectivity index (χ3n) is 5.76. The Morgan fingerprint density at radius 1 is 1.13 bits per heavy atom. The van der Waals surface area contributed by atoms with E-state index in [4.69, 9.17) is 21.3 Å². The molecule has 0 amide bonds. The predicted octanol–water partition coefficient (Wildman–Crippen LogP) is 4.56. The van der Waals surface area contributed by atoms with Crippen molar-refractivity contribution in [3.8, 4) is 22.1 Å². The molecular formula is C23H24ClN5OS. The second-order valence-corrected chi connectivity index (χ2v) is 9.15. The summed E-state index contributed by atoms with van der Waals surface area (Å²) in [6.07, 6.45) is 1.84. The number of thiazole rings is 1. The molecule has 2 aromatic heterocycles. The Hall–Kier alpha value is -2.45. The first-order valence-corrected chi connectivity index (χ1v) is 11.5. The Kier molecular flexibility index (Phi) is 5.67. The van der Waals surface area contributed by atoms with E-state index in [-0.39, 0.29) is 0 Å². The van der Waals surface area contributed by atoms with Crippen LogP contribution in [0.4, 0.5) is 0 Å². The molecule has 5 rings (SSSR count). The summed E-state index contributed by atoms with van der Waals surface area (Å²) in [4.78, 5) is 14.3. The van der Waals surface area contributed by atoms with Gasteiger partial charge in [0.15, 0.2) is 5.13 Å². The number of hydrogen-bond donors (Lipinski definition) is 0. The summed E-state index contributed by atoms with van der Waals surface area (Å²) in [7, 11) is 3.90. The second-order valence-electron chi connectivity index (χ2n) is 7.87. The summed E-state index contributed by atoms with van der Waals surface area (Å²) >= 11 is 7.75. The van der Waals surface area contributed by atoms with Crippen molar-refractivity contribution >= 4 is 34.0 Å². The topological polar surface area (TPSA) is 46.4 Å². The van der Waals surface area contributed by atoms with Gasteiger partial charge < -0.3 is 9.64 Å². The minimum Gasteiger partial charge on any atom is -0.496 e. The number of hydrogen-bond acceptors (Lipinski definition) is 6. The number of methoxy groups -OCH3 is 1. The van der Waals surface area contributed by atoms with E-state index in [1.54, 1.807) is 18.4 Å².